The molecule has 2 fully saturated rings. The first-order valence-corrected chi connectivity index (χ1v) is 8.98. The molecule has 1 aliphatic carbocycles. The fraction of sp³-hybridized carbons (Fsp3) is 0.500. The summed E-state index contributed by atoms with van der Waals surface area (Å²) in [6, 6.07) is 0. The number of nitrogens with zero attached hydrogens (tertiary/aromatic N) is 6. The van der Waals surface area contributed by atoms with E-state index in [4.69, 9.17) is 14.0 Å². The number of fused-ring (bicyclic) bond motifs is 1. The number of likely N-dealkylation sites (tertiary alicyclic amines) is 1. The highest BCUT2D eigenvalue weighted by Crippen LogP contribution is 2.50. The second-order valence-electron chi connectivity index (χ2n) is 7.34. The summed E-state index contributed by atoms with van der Waals surface area (Å²) >= 11 is 0. The van der Waals surface area contributed by atoms with Crippen LogP contribution in [0.1, 0.15) is 36.5 Å². The minimum absolute atomic E-state index is 0.0570. The Morgan fingerprint density at radius 2 is 2.23 bits per heavy atom. The molecule has 0 amide bonds. The molecule has 8 nitrogen and oxygen atoms in total. The van der Waals surface area contributed by atoms with Gasteiger partial charge in [0.15, 0.2) is 0 Å². The summed E-state index contributed by atoms with van der Waals surface area (Å²) in [6.45, 7) is 4.76. The Balaban J connectivity index is 1.42. The van der Waals surface area contributed by atoms with Crippen molar-refractivity contribution < 1.29 is 9.05 Å². The molecule has 5 rings (SSSR count). The van der Waals surface area contributed by atoms with Crippen LogP contribution in [0.2, 0.25) is 0 Å². The molecule has 1 saturated carbocycles. The Bertz CT molecular complexity index is 907. The summed E-state index contributed by atoms with van der Waals surface area (Å²) in [6.07, 6.45) is 10.2. The van der Waals surface area contributed by atoms with Gasteiger partial charge in [-0.05, 0) is 25.7 Å². The summed E-state index contributed by atoms with van der Waals surface area (Å²) in [4.78, 5) is 15.5. The zero-order valence-corrected chi connectivity index (χ0v) is 14.6. The third kappa shape index (κ3) is 2.44. The topological polar surface area (TPSA) is 94.0 Å². The number of rotatable bonds is 4. The molecule has 8 heteroatoms. The Morgan fingerprint density at radius 1 is 1.27 bits per heavy atom. The zero-order chi connectivity index (χ0) is 17.6. The van der Waals surface area contributed by atoms with Crippen molar-refractivity contribution in [1.29, 1.82) is 0 Å². The van der Waals surface area contributed by atoms with Gasteiger partial charge in [0.2, 0.25) is 11.7 Å². The monoisotopic (exact) mass is 352 g/mol. The summed E-state index contributed by atoms with van der Waals surface area (Å²) in [5, 5.41) is 8.06. The Hall–Kier alpha value is -2.61. The quantitative estimate of drug-likeness (QED) is 0.706. The Labute approximate surface area is 150 Å². The van der Waals surface area contributed by atoms with Gasteiger partial charge in [-0.3, -0.25) is 9.88 Å². The first-order valence-electron chi connectivity index (χ1n) is 8.98. The second kappa shape index (κ2) is 5.98. The van der Waals surface area contributed by atoms with E-state index >= 15 is 0 Å². The van der Waals surface area contributed by atoms with Crippen LogP contribution in [0.4, 0.5) is 0 Å². The largest absolute Gasteiger partial charge is 0.361 e. The average molecular weight is 352 g/mol. The van der Waals surface area contributed by atoms with Gasteiger partial charge in [-0.1, -0.05) is 16.7 Å². The number of aryl methyl sites for hydroxylation is 1. The van der Waals surface area contributed by atoms with Crippen LogP contribution in [0.5, 0.6) is 0 Å². The van der Waals surface area contributed by atoms with Gasteiger partial charge in [-0.15, -0.1) is 0 Å². The van der Waals surface area contributed by atoms with Gasteiger partial charge in [-0.25, -0.2) is 4.98 Å². The van der Waals surface area contributed by atoms with E-state index in [0.29, 0.717) is 17.4 Å². The maximum absolute atomic E-state index is 5.73. The summed E-state index contributed by atoms with van der Waals surface area (Å²) in [5.41, 5.74) is 1.73. The molecule has 0 bridgehead atoms. The molecule has 0 unspecified atom stereocenters. The molecule has 1 aliphatic heterocycles. The van der Waals surface area contributed by atoms with Gasteiger partial charge in [-0.2, -0.15) is 4.98 Å². The van der Waals surface area contributed by atoms with Crippen molar-refractivity contribution >= 4 is 0 Å². The van der Waals surface area contributed by atoms with E-state index in [1.807, 2.05) is 13.1 Å². The normalized spacial score (nSPS) is 25.7. The lowest BCUT2D eigenvalue weighted by atomic mass is 9.80. The van der Waals surface area contributed by atoms with Crippen molar-refractivity contribution in [3.05, 3.63) is 42.0 Å². The van der Waals surface area contributed by atoms with E-state index in [-0.39, 0.29) is 5.41 Å². The van der Waals surface area contributed by atoms with Gasteiger partial charge in [0.1, 0.15) is 11.5 Å². The molecular weight excluding hydrogens is 332 g/mol. The van der Waals surface area contributed by atoms with E-state index in [2.05, 4.69) is 25.2 Å². The van der Waals surface area contributed by atoms with Crippen LogP contribution in [0.15, 0.2) is 33.8 Å². The molecule has 0 aromatic carbocycles. The van der Waals surface area contributed by atoms with Crippen molar-refractivity contribution in [2.45, 2.75) is 38.1 Å². The summed E-state index contributed by atoms with van der Waals surface area (Å²) in [7, 11) is 0. The summed E-state index contributed by atoms with van der Waals surface area (Å²) in [5.74, 6) is 2.68. The van der Waals surface area contributed by atoms with Crippen molar-refractivity contribution in [2.75, 3.05) is 13.1 Å². The number of aromatic nitrogens is 5. The lowest BCUT2D eigenvalue weighted by molar-refractivity contribution is 0.244. The fourth-order valence-electron chi connectivity index (χ4n) is 4.52. The highest BCUT2D eigenvalue weighted by molar-refractivity contribution is 5.46. The molecule has 2 atom stereocenters. The molecule has 1 saturated heterocycles. The predicted molar refractivity (Wildman–Crippen MR) is 90.9 cm³/mol. The third-order valence-electron chi connectivity index (χ3n) is 5.83. The van der Waals surface area contributed by atoms with E-state index < -0.39 is 0 Å². The van der Waals surface area contributed by atoms with Gasteiger partial charge in [0.05, 0.1) is 17.8 Å². The van der Waals surface area contributed by atoms with Crippen LogP contribution in [0.3, 0.4) is 0 Å². The standard InChI is InChI=1S/C18H20N6O2/c1-12-13(7-21-25-12)9-24-10-14-3-2-4-18(14,11-24)17-22-16(23-26-17)15-8-19-5-6-20-15/h5-8,14H,2-4,9-11H2,1H3/t14-,18-/m1/s1. The molecule has 0 N–H and O–H groups in total. The molecule has 26 heavy (non-hydrogen) atoms. The molecule has 4 heterocycles. The first-order chi connectivity index (χ1) is 12.7. The Kier molecular flexibility index (Phi) is 3.59. The van der Waals surface area contributed by atoms with Crippen LogP contribution in [0, 0.1) is 12.8 Å². The summed E-state index contributed by atoms with van der Waals surface area (Å²) < 4.78 is 10.9. The molecule has 0 spiro atoms. The maximum Gasteiger partial charge on any atom is 0.234 e. The van der Waals surface area contributed by atoms with Crippen LogP contribution in [0.25, 0.3) is 11.5 Å². The van der Waals surface area contributed by atoms with E-state index in [9.17, 15) is 0 Å². The van der Waals surface area contributed by atoms with E-state index in [1.54, 1.807) is 18.6 Å². The van der Waals surface area contributed by atoms with Crippen molar-refractivity contribution in [3.63, 3.8) is 0 Å². The number of hydrogen-bond donors (Lipinski definition) is 0. The van der Waals surface area contributed by atoms with Crippen molar-refractivity contribution in [2.24, 2.45) is 5.92 Å². The molecule has 0 radical (unpaired) electrons. The van der Waals surface area contributed by atoms with Crippen LogP contribution in [-0.4, -0.2) is 43.3 Å². The molecule has 3 aromatic heterocycles. The predicted octanol–water partition coefficient (Wildman–Crippen LogP) is 2.38. The minimum Gasteiger partial charge on any atom is -0.361 e. The van der Waals surface area contributed by atoms with Crippen molar-refractivity contribution in [3.8, 4) is 11.5 Å². The molecular formula is C18H20N6O2. The lowest BCUT2D eigenvalue weighted by Gasteiger charge is -2.24. The maximum atomic E-state index is 5.73. The van der Waals surface area contributed by atoms with E-state index in [0.717, 1.165) is 43.3 Å². The average Bonchev–Trinajstić information content (AvgIpc) is 3.40. The SMILES string of the molecule is Cc1oncc1CN1C[C@H]2CCC[C@@]2(c2nc(-c3cnccn3)no2)C1. The van der Waals surface area contributed by atoms with Crippen LogP contribution >= 0.6 is 0 Å². The van der Waals surface area contributed by atoms with Crippen molar-refractivity contribution in [1.82, 2.24) is 30.2 Å². The highest BCUT2D eigenvalue weighted by atomic mass is 16.5. The molecule has 134 valence electrons. The first kappa shape index (κ1) is 15.6. The van der Waals surface area contributed by atoms with Gasteiger partial charge >= 0.3 is 0 Å². The second-order valence-corrected chi connectivity index (χ2v) is 7.34. The Morgan fingerprint density at radius 3 is 3.04 bits per heavy atom. The third-order valence-corrected chi connectivity index (χ3v) is 5.83. The number of hydrogen-bond acceptors (Lipinski definition) is 8. The lowest BCUT2D eigenvalue weighted by Crippen LogP contribution is -2.32. The zero-order valence-electron chi connectivity index (χ0n) is 14.6. The molecule has 2 aliphatic rings. The van der Waals surface area contributed by atoms with Crippen LogP contribution < -0.4 is 0 Å². The molecule has 3 aromatic rings. The van der Waals surface area contributed by atoms with Gasteiger partial charge in [0, 0.05) is 37.6 Å². The fourth-order valence-corrected chi connectivity index (χ4v) is 4.52. The van der Waals surface area contributed by atoms with Gasteiger partial charge in [0.25, 0.3) is 0 Å². The van der Waals surface area contributed by atoms with E-state index in [1.165, 1.54) is 12.8 Å². The van der Waals surface area contributed by atoms with Gasteiger partial charge < -0.3 is 9.05 Å². The highest BCUT2D eigenvalue weighted by Gasteiger charge is 2.54. The minimum atomic E-state index is -0.0570. The smallest absolute Gasteiger partial charge is 0.234 e. The van der Waals surface area contributed by atoms with Crippen LogP contribution in [-0.2, 0) is 12.0 Å².